The number of alkyl halides is 2. The number of amides is 2. The van der Waals surface area contributed by atoms with Gasteiger partial charge in [0, 0.05) is 25.1 Å². The summed E-state index contributed by atoms with van der Waals surface area (Å²) in [6.45, 7) is 0.445. The van der Waals surface area contributed by atoms with Crippen molar-refractivity contribution in [1.29, 1.82) is 0 Å². The van der Waals surface area contributed by atoms with Crippen LogP contribution in [0.5, 0.6) is 0 Å². The molecule has 0 radical (unpaired) electrons. The van der Waals surface area contributed by atoms with Crippen LogP contribution in [0.25, 0.3) is 11.1 Å². The largest absolute Gasteiger partial charge is 0.332 e. The molecule has 2 amide bonds. The zero-order valence-corrected chi connectivity index (χ0v) is 16.7. The fraction of sp³-hybridized carbons (Fsp3) is 0.435. The number of nitrogens with one attached hydrogen (secondary N) is 1. The van der Waals surface area contributed by atoms with E-state index in [0.717, 1.165) is 25.8 Å². The third-order valence-electron chi connectivity index (χ3n) is 6.04. The smallest absolute Gasteiger partial charge is 0.317 e. The van der Waals surface area contributed by atoms with Crippen LogP contribution in [-0.2, 0) is 6.42 Å². The van der Waals surface area contributed by atoms with E-state index in [2.05, 4.69) is 5.32 Å². The molecule has 30 heavy (non-hydrogen) atoms. The van der Waals surface area contributed by atoms with Crippen LogP contribution in [0.3, 0.4) is 0 Å². The van der Waals surface area contributed by atoms with Gasteiger partial charge in [0.05, 0.1) is 6.54 Å². The van der Waals surface area contributed by atoms with Crippen molar-refractivity contribution in [1.82, 2.24) is 10.2 Å². The highest BCUT2D eigenvalue weighted by molar-refractivity contribution is 5.75. The minimum absolute atomic E-state index is 0.0111. The minimum atomic E-state index is -3.01. The van der Waals surface area contributed by atoms with Gasteiger partial charge in [-0.05, 0) is 54.4 Å². The lowest BCUT2D eigenvalue weighted by atomic mass is 9.95. The number of urea groups is 1. The Balaban J connectivity index is 1.58. The summed E-state index contributed by atoms with van der Waals surface area (Å²) in [7, 11) is 0. The van der Waals surface area contributed by atoms with Crippen LogP contribution in [0.15, 0.2) is 42.5 Å². The topological polar surface area (TPSA) is 32.3 Å². The number of benzene rings is 2. The lowest BCUT2D eigenvalue weighted by Gasteiger charge is -2.26. The van der Waals surface area contributed by atoms with Crippen LogP contribution < -0.4 is 5.32 Å². The van der Waals surface area contributed by atoms with Gasteiger partial charge in [0.2, 0.25) is 0 Å². The Morgan fingerprint density at radius 3 is 2.53 bits per heavy atom. The summed E-state index contributed by atoms with van der Waals surface area (Å²) >= 11 is 0. The van der Waals surface area contributed by atoms with Crippen molar-refractivity contribution in [3.8, 4) is 11.1 Å². The zero-order valence-electron chi connectivity index (χ0n) is 16.7. The Labute approximate surface area is 173 Å². The Morgan fingerprint density at radius 1 is 1.20 bits per heavy atom. The Morgan fingerprint density at radius 2 is 1.90 bits per heavy atom. The first-order valence-electron chi connectivity index (χ1n) is 10.1. The first-order chi connectivity index (χ1) is 14.2. The number of hydrogen-bond donors (Lipinski definition) is 1. The van der Waals surface area contributed by atoms with Crippen LogP contribution in [0.4, 0.5) is 22.4 Å². The summed E-state index contributed by atoms with van der Waals surface area (Å²) < 4.78 is 55.9. The molecule has 1 aliphatic carbocycles. The molecule has 1 saturated heterocycles. The van der Waals surface area contributed by atoms with Gasteiger partial charge >= 0.3 is 6.03 Å². The highest BCUT2D eigenvalue weighted by Gasteiger charge is 2.53. The summed E-state index contributed by atoms with van der Waals surface area (Å²) in [4.78, 5) is 14.1. The number of rotatable bonds is 5. The van der Waals surface area contributed by atoms with Gasteiger partial charge in [0.1, 0.15) is 11.6 Å². The molecular formula is C23H24F4N2O. The minimum Gasteiger partial charge on any atom is -0.332 e. The van der Waals surface area contributed by atoms with E-state index in [4.69, 9.17) is 0 Å². The fourth-order valence-electron chi connectivity index (χ4n) is 4.33. The molecule has 2 aromatic carbocycles. The van der Waals surface area contributed by atoms with Crippen molar-refractivity contribution in [2.24, 2.45) is 5.41 Å². The standard InChI is InChI=1S/C23H24F4N2O/c1-22(26,27)13-28-21(30)29-14-23(7-8-23)12-18(29)10-16-9-17(24)11-19(20(16)25)15-5-3-2-4-6-15/h2-6,9,11,18H,7-8,10,12-14H2,1H3,(H,28,30)/t18-/m0/s1. The van der Waals surface area contributed by atoms with Gasteiger partial charge in [0.15, 0.2) is 0 Å². The van der Waals surface area contributed by atoms with Gasteiger partial charge in [-0.15, -0.1) is 0 Å². The summed E-state index contributed by atoms with van der Waals surface area (Å²) in [6.07, 6.45) is 2.72. The molecule has 0 bridgehead atoms. The molecule has 1 aliphatic heterocycles. The van der Waals surface area contributed by atoms with Crippen LogP contribution in [0.1, 0.15) is 31.7 Å². The van der Waals surface area contributed by atoms with Gasteiger partial charge in [-0.25, -0.2) is 22.4 Å². The van der Waals surface area contributed by atoms with E-state index in [9.17, 15) is 18.0 Å². The molecule has 3 nitrogen and oxygen atoms in total. The third kappa shape index (κ3) is 4.45. The normalized spacial score (nSPS) is 19.9. The van der Waals surface area contributed by atoms with Gasteiger partial charge in [-0.3, -0.25) is 0 Å². The third-order valence-corrected chi connectivity index (χ3v) is 6.04. The predicted octanol–water partition coefficient (Wildman–Crippen LogP) is 5.39. The highest BCUT2D eigenvalue weighted by Crippen LogP contribution is 2.55. The second-order valence-electron chi connectivity index (χ2n) is 8.71. The lowest BCUT2D eigenvalue weighted by molar-refractivity contribution is 0.0237. The average molecular weight is 420 g/mol. The van der Waals surface area contributed by atoms with E-state index in [1.165, 1.54) is 11.0 Å². The Hall–Kier alpha value is -2.57. The van der Waals surface area contributed by atoms with Crippen molar-refractivity contribution >= 4 is 6.03 Å². The molecule has 1 heterocycles. The molecule has 4 rings (SSSR count). The number of carbonyl (C=O) groups excluding carboxylic acids is 1. The van der Waals surface area contributed by atoms with Crippen molar-refractivity contribution < 1.29 is 22.4 Å². The monoisotopic (exact) mass is 420 g/mol. The highest BCUT2D eigenvalue weighted by atomic mass is 19.3. The molecule has 160 valence electrons. The molecule has 7 heteroatoms. The van der Waals surface area contributed by atoms with Gasteiger partial charge in [0.25, 0.3) is 5.92 Å². The second-order valence-corrected chi connectivity index (χ2v) is 8.71. The number of halogens is 4. The van der Waals surface area contributed by atoms with Crippen LogP contribution in [0.2, 0.25) is 0 Å². The van der Waals surface area contributed by atoms with Crippen molar-refractivity contribution in [3.05, 3.63) is 59.7 Å². The van der Waals surface area contributed by atoms with E-state index in [1.54, 1.807) is 30.3 Å². The molecule has 2 aromatic rings. The Bertz CT molecular complexity index is 938. The van der Waals surface area contributed by atoms with Gasteiger partial charge < -0.3 is 10.2 Å². The second kappa shape index (κ2) is 7.60. The first-order valence-corrected chi connectivity index (χ1v) is 10.1. The zero-order chi connectivity index (χ0) is 21.5. The van der Waals surface area contributed by atoms with Crippen molar-refractivity contribution in [2.45, 2.75) is 44.6 Å². The molecular weight excluding hydrogens is 396 g/mol. The molecule has 1 N–H and O–H groups in total. The van der Waals surface area contributed by atoms with Gasteiger partial charge in [-0.2, -0.15) is 0 Å². The van der Waals surface area contributed by atoms with E-state index < -0.39 is 30.1 Å². The van der Waals surface area contributed by atoms with E-state index in [1.807, 2.05) is 0 Å². The molecule has 1 spiro atoms. The average Bonchev–Trinajstić information content (AvgIpc) is 3.35. The Kier molecular flexibility index (Phi) is 5.24. The van der Waals surface area contributed by atoms with Gasteiger partial charge in [-0.1, -0.05) is 30.3 Å². The summed E-state index contributed by atoms with van der Waals surface area (Å²) in [5.74, 6) is -4.08. The molecule has 0 unspecified atom stereocenters. The maximum atomic E-state index is 15.2. The van der Waals surface area contributed by atoms with Crippen LogP contribution in [0, 0.1) is 17.0 Å². The molecule has 1 atom stereocenters. The molecule has 0 aromatic heterocycles. The number of hydrogen-bond acceptors (Lipinski definition) is 1. The quantitative estimate of drug-likeness (QED) is 0.646. The summed E-state index contributed by atoms with van der Waals surface area (Å²) in [5.41, 5.74) is 0.921. The first kappa shape index (κ1) is 20.7. The summed E-state index contributed by atoms with van der Waals surface area (Å²) in [5, 5.41) is 2.28. The fourth-order valence-corrected chi connectivity index (χ4v) is 4.33. The summed E-state index contributed by atoms with van der Waals surface area (Å²) in [6, 6.07) is 10.1. The molecule has 2 aliphatic rings. The number of nitrogens with zero attached hydrogens (tertiary/aromatic N) is 1. The maximum absolute atomic E-state index is 15.2. The van der Waals surface area contributed by atoms with Crippen LogP contribution >= 0.6 is 0 Å². The lowest BCUT2D eigenvalue weighted by Crippen LogP contribution is -2.46. The van der Waals surface area contributed by atoms with E-state index in [-0.39, 0.29) is 29.0 Å². The number of likely N-dealkylation sites (tertiary alicyclic amines) is 1. The molecule has 1 saturated carbocycles. The van der Waals surface area contributed by atoms with E-state index in [0.29, 0.717) is 18.5 Å². The maximum Gasteiger partial charge on any atom is 0.317 e. The number of carbonyl (C=O) groups is 1. The van der Waals surface area contributed by atoms with Crippen molar-refractivity contribution in [2.75, 3.05) is 13.1 Å². The van der Waals surface area contributed by atoms with Crippen molar-refractivity contribution in [3.63, 3.8) is 0 Å². The predicted molar refractivity (Wildman–Crippen MR) is 106 cm³/mol. The van der Waals surface area contributed by atoms with E-state index >= 15 is 4.39 Å². The molecule has 2 fully saturated rings. The SMILES string of the molecule is CC(F)(F)CNC(=O)N1CC2(CC2)C[C@@H]1Cc1cc(F)cc(-c2ccccc2)c1F. The van der Waals surface area contributed by atoms with Crippen LogP contribution in [-0.4, -0.2) is 36.0 Å².